The Morgan fingerprint density at radius 2 is 2.29 bits per heavy atom. The maximum atomic E-state index is 10.9. The number of rotatable bonds is 2. The normalized spacial score (nSPS) is 32.1. The number of allylic oxidation sites excluding steroid dienone is 2. The summed E-state index contributed by atoms with van der Waals surface area (Å²) in [6.45, 7) is 1.67. The summed E-state index contributed by atoms with van der Waals surface area (Å²) in [5.74, 6) is -1.11. The lowest BCUT2D eigenvalue weighted by Gasteiger charge is -2.31. The molecule has 0 aromatic heterocycles. The molecule has 0 spiro atoms. The van der Waals surface area contributed by atoms with E-state index in [4.69, 9.17) is 33.0 Å². The minimum Gasteiger partial charge on any atom is -0.478 e. The zero-order valence-electron chi connectivity index (χ0n) is 7.75. The van der Waals surface area contributed by atoms with Gasteiger partial charge in [-0.1, -0.05) is 17.7 Å². The van der Waals surface area contributed by atoms with Gasteiger partial charge in [-0.05, 0) is 13.0 Å². The van der Waals surface area contributed by atoms with Crippen LogP contribution in [0.5, 0.6) is 0 Å². The van der Waals surface area contributed by atoms with Gasteiger partial charge in [-0.2, -0.15) is 0 Å². The van der Waals surface area contributed by atoms with Crippen molar-refractivity contribution >= 4 is 29.2 Å². The average molecular weight is 237 g/mol. The van der Waals surface area contributed by atoms with E-state index in [1.165, 1.54) is 13.2 Å². The molecule has 1 N–H and O–H groups in total. The highest BCUT2D eigenvalue weighted by Crippen LogP contribution is 2.35. The predicted molar refractivity (Wildman–Crippen MR) is 54.7 cm³/mol. The number of carboxylic acid groups (broad SMARTS) is 1. The quantitative estimate of drug-likeness (QED) is 0.748. The van der Waals surface area contributed by atoms with Crippen LogP contribution in [0.2, 0.25) is 0 Å². The second kappa shape index (κ2) is 3.93. The summed E-state index contributed by atoms with van der Waals surface area (Å²) < 4.78 is 5.04. The number of halogens is 2. The second-order valence-electron chi connectivity index (χ2n) is 3.17. The molecular formula is C9H10Cl2O3. The van der Waals surface area contributed by atoms with Crippen LogP contribution in [-0.4, -0.2) is 29.2 Å². The van der Waals surface area contributed by atoms with Crippen LogP contribution in [0.4, 0.5) is 0 Å². The first-order chi connectivity index (χ1) is 6.40. The number of carboxylic acids is 1. The van der Waals surface area contributed by atoms with E-state index < -0.39 is 16.9 Å². The van der Waals surface area contributed by atoms with E-state index in [1.54, 1.807) is 13.0 Å². The molecule has 0 aliphatic heterocycles. The third-order valence-electron chi connectivity index (χ3n) is 2.05. The first-order valence-corrected chi connectivity index (χ1v) is 4.69. The van der Waals surface area contributed by atoms with Crippen molar-refractivity contribution in [2.24, 2.45) is 0 Å². The number of alkyl halides is 1. The Kier molecular flexibility index (Phi) is 3.24. The van der Waals surface area contributed by atoms with Gasteiger partial charge in [0.2, 0.25) is 0 Å². The minimum atomic E-state index is -1.11. The van der Waals surface area contributed by atoms with Crippen LogP contribution in [0.15, 0.2) is 22.8 Å². The van der Waals surface area contributed by atoms with Gasteiger partial charge in [0.15, 0.2) is 0 Å². The second-order valence-corrected chi connectivity index (χ2v) is 4.39. The smallest absolute Gasteiger partial charge is 0.335 e. The lowest BCUT2D eigenvalue weighted by Crippen LogP contribution is -2.39. The summed E-state index contributed by atoms with van der Waals surface area (Å²) in [6.07, 6.45) is 2.37. The lowest BCUT2D eigenvalue weighted by molar-refractivity contribution is -0.134. The van der Waals surface area contributed by atoms with Crippen molar-refractivity contribution in [2.75, 3.05) is 7.11 Å². The fourth-order valence-corrected chi connectivity index (χ4v) is 1.89. The number of hydrogen-bond donors (Lipinski definition) is 1. The first-order valence-electron chi connectivity index (χ1n) is 3.94. The van der Waals surface area contributed by atoms with Crippen LogP contribution >= 0.6 is 23.2 Å². The van der Waals surface area contributed by atoms with E-state index in [0.717, 1.165) is 0 Å². The summed E-state index contributed by atoms with van der Waals surface area (Å²) in [6, 6.07) is 0. The van der Waals surface area contributed by atoms with Gasteiger partial charge in [-0.15, -0.1) is 11.6 Å². The van der Waals surface area contributed by atoms with Crippen molar-refractivity contribution in [3.63, 3.8) is 0 Å². The van der Waals surface area contributed by atoms with Crippen molar-refractivity contribution in [3.8, 4) is 0 Å². The number of hydrogen-bond acceptors (Lipinski definition) is 2. The molecule has 0 radical (unpaired) electrons. The molecule has 0 saturated heterocycles. The minimum absolute atomic E-state index is 0.00540. The van der Waals surface area contributed by atoms with E-state index >= 15 is 0 Å². The third kappa shape index (κ3) is 1.95. The Morgan fingerprint density at radius 1 is 1.71 bits per heavy atom. The lowest BCUT2D eigenvalue weighted by atomic mass is 9.91. The molecule has 0 saturated carbocycles. The standard InChI is InChI=1S/C9H10Cl2O3/c1-9(11)4-3-5(10)6(8(12)13)7(9)14-2/h3-4,7H,1-2H3,(H,12,13). The largest absolute Gasteiger partial charge is 0.478 e. The highest BCUT2D eigenvalue weighted by atomic mass is 35.5. The summed E-state index contributed by atoms with van der Waals surface area (Å²) in [5, 5.41) is 9.08. The molecule has 0 amide bonds. The van der Waals surface area contributed by atoms with Crippen LogP contribution in [-0.2, 0) is 9.53 Å². The highest BCUT2D eigenvalue weighted by molar-refractivity contribution is 6.34. The molecule has 0 bridgehead atoms. The first kappa shape index (κ1) is 11.6. The molecule has 0 aromatic rings. The SMILES string of the molecule is COC1C(C(=O)O)=C(Cl)C=CC1(C)Cl. The van der Waals surface area contributed by atoms with E-state index in [0.29, 0.717) is 0 Å². The number of carbonyl (C=O) groups is 1. The molecule has 1 aliphatic carbocycles. The van der Waals surface area contributed by atoms with Crippen LogP contribution in [0.3, 0.4) is 0 Å². The monoisotopic (exact) mass is 236 g/mol. The maximum absolute atomic E-state index is 10.9. The Hall–Kier alpha value is -0.510. The topological polar surface area (TPSA) is 46.5 Å². The summed E-state index contributed by atoms with van der Waals surface area (Å²) in [4.78, 5) is 10.0. The Balaban J connectivity index is 3.19. The molecule has 0 aromatic carbocycles. The van der Waals surface area contributed by atoms with Gasteiger partial charge in [0.1, 0.15) is 6.10 Å². The van der Waals surface area contributed by atoms with E-state index in [2.05, 4.69) is 0 Å². The van der Waals surface area contributed by atoms with Gasteiger partial charge in [0.25, 0.3) is 0 Å². The molecule has 1 rings (SSSR count). The van der Waals surface area contributed by atoms with E-state index in [9.17, 15) is 4.79 Å². The predicted octanol–water partition coefficient (Wildman–Crippen LogP) is 2.15. The van der Waals surface area contributed by atoms with Gasteiger partial charge in [0.05, 0.1) is 15.5 Å². The fraction of sp³-hybridized carbons (Fsp3) is 0.444. The van der Waals surface area contributed by atoms with Crippen LogP contribution < -0.4 is 0 Å². The molecule has 1 aliphatic rings. The summed E-state index contributed by atoms with van der Waals surface area (Å²) >= 11 is 11.8. The Bertz CT molecular complexity index is 318. The summed E-state index contributed by atoms with van der Waals surface area (Å²) in [5.41, 5.74) is -0.00540. The molecule has 5 heteroatoms. The zero-order valence-corrected chi connectivity index (χ0v) is 9.26. The molecule has 2 unspecified atom stereocenters. The van der Waals surface area contributed by atoms with E-state index in [-0.39, 0.29) is 10.6 Å². The molecule has 78 valence electrons. The van der Waals surface area contributed by atoms with Crippen molar-refractivity contribution in [2.45, 2.75) is 17.9 Å². The van der Waals surface area contributed by atoms with Crippen LogP contribution in [0.25, 0.3) is 0 Å². The van der Waals surface area contributed by atoms with Gasteiger partial charge in [-0.25, -0.2) is 4.79 Å². The molecule has 0 heterocycles. The van der Waals surface area contributed by atoms with E-state index in [1.807, 2.05) is 0 Å². The third-order valence-corrected chi connectivity index (χ3v) is 2.71. The van der Waals surface area contributed by atoms with Gasteiger partial charge in [-0.3, -0.25) is 0 Å². The summed E-state index contributed by atoms with van der Waals surface area (Å²) in [7, 11) is 1.40. The number of methoxy groups -OCH3 is 1. The Labute approximate surface area is 91.9 Å². The Morgan fingerprint density at radius 3 is 2.64 bits per heavy atom. The van der Waals surface area contributed by atoms with Crippen molar-refractivity contribution in [1.29, 1.82) is 0 Å². The molecule has 14 heavy (non-hydrogen) atoms. The van der Waals surface area contributed by atoms with Gasteiger partial charge >= 0.3 is 5.97 Å². The van der Waals surface area contributed by atoms with Crippen molar-refractivity contribution in [3.05, 3.63) is 22.8 Å². The fourth-order valence-electron chi connectivity index (χ4n) is 1.38. The van der Waals surface area contributed by atoms with Crippen LogP contribution in [0.1, 0.15) is 6.92 Å². The average Bonchev–Trinajstić information content (AvgIpc) is 2.07. The molecule has 3 nitrogen and oxygen atoms in total. The number of ether oxygens (including phenoxy) is 1. The zero-order chi connectivity index (χ0) is 10.9. The molecule has 2 atom stereocenters. The number of aliphatic carboxylic acids is 1. The van der Waals surface area contributed by atoms with Crippen LogP contribution in [0, 0.1) is 0 Å². The van der Waals surface area contributed by atoms with Gasteiger partial charge in [0, 0.05) is 7.11 Å². The van der Waals surface area contributed by atoms with Crippen molar-refractivity contribution in [1.82, 2.24) is 0 Å². The maximum Gasteiger partial charge on any atom is 0.335 e. The molecular weight excluding hydrogens is 227 g/mol. The highest BCUT2D eigenvalue weighted by Gasteiger charge is 2.39. The van der Waals surface area contributed by atoms with Gasteiger partial charge < -0.3 is 9.84 Å². The van der Waals surface area contributed by atoms with Crippen molar-refractivity contribution < 1.29 is 14.6 Å². The molecule has 0 fully saturated rings.